The Labute approximate surface area is 117 Å². The summed E-state index contributed by atoms with van der Waals surface area (Å²) in [5, 5.41) is 0.625. The second kappa shape index (κ2) is 5.17. The van der Waals surface area contributed by atoms with E-state index in [0.717, 1.165) is 11.1 Å². The van der Waals surface area contributed by atoms with Crippen molar-refractivity contribution in [1.82, 2.24) is 0 Å². The van der Waals surface area contributed by atoms with E-state index in [9.17, 15) is 4.79 Å². The highest BCUT2D eigenvalue weighted by molar-refractivity contribution is 5.81. The largest absolute Gasteiger partial charge is 0.463 e. The van der Waals surface area contributed by atoms with E-state index < -0.39 is 0 Å². The molecule has 0 radical (unpaired) electrons. The lowest BCUT2D eigenvalue weighted by Crippen LogP contribution is -2.04. The van der Waals surface area contributed by atoms with Gasteiger partial charge in [-0.2, -0.15) is 0 Å². The Kier molecular flexibility index (Phi) is 3.21. The van der Waals surface area contributed by atoms with Crippen LogP contribution in [-0.2, 0) is 0 Å². The van der Waals surface area contributed by atoms with Crippen molar-refractivity contribution in [1.29, 1.82) is 0 Å². The molecule has 98 valence electrons. The Morgan fingerprint density at radius 2 is 1.80 bits per heavy atom. The molecule has 2 aromatic carbocycles. The first kappa shape index (κ1) is 12.4. The molecule has 1 aromatic heterocycles. The van der Waals surface area contributed by atoms with Gasteiger partial charge in [0, 0.05) is 0 Å². The molecule has 20 heavy (non-hydrogen) atoms. The molecular formula is C18H14O2. The van der Waals surface area contributed by atoms with Crippen molar-refractivity contribution in [2.24, 2.45) is 0 Å². The Hall–Kier alpha value is -2.61. The van der Waals surface area contributed by atoms with E-state index in [1.165, 1.54) is 6.26 Å². The van der Waals surface area contributed by atoms with Gasteiger partial charge in [-0.1, -0.05) is 48.0 Å². The molecule has 1 heterocycles. The average Bonchev–Trinajstić information content (AvgIpc) is 2.48. The third-order valence-corrected chi connectivity index (χ3v) is 3.21. The van der Waals surface area contributed by atoms with Gasteiger partial charge in [0.1, 0.15) is 11.8 Å². The lowest BCUT2D eigenvalue weighted by atomic mass is 10.1. The molecule has 0 unspecified atom stereocenters. The molecule has 0 aliphatic carbocycles. The lowest BCUT2D eigenvalue weighted by Gasteiger charge is -2.00. The van der Waals surface area contributed by atoms with Gasteiger partial charge >= 0.3 is 0 Å². The summed E-state index contributed by atoms with van der Waals surface area (Å²) >= 11 is 0. The highest BCUT2D eigenvalue weighted by atomic mass is 16.3. The summed E-state index contributed by atoms with van der Waals surface area (Å²) in [4.78, 5) is 12.4. The molecule has 0 amide bonds. The van der Waals surface area contributed by atoms with Crippen LogP contribution in [0, 0.1) is 6.92 Å². The average molecular weight is 262 g/mol. The molecule has 0 aliphatic rings. The van der Waals surface area contributed by atoms with Crippen LogP contribution in [0.25, 0.3) is 23.1 Å². The maximum Gasteiger partial charge on any atom is 0.199 e. The van der Waals surface area contributed by atoms with Gasteiger partial charge in [0.15, 0.2) is 5.43 Å². The second-order valence-corrected chi connectivity index (χ2v) is 4.76. The highest BCUT2D eigenvalue weighted by Crippen LogP contribution is 2.14. The van der Waals surface area contributed by atoms with Crippen molar-refractivity contribution in [2.45, 2.75) is 6.92 Å². The highest BCUT2D eigenvalue weighted by Gasteiger charge is 2.04. The van der Waals surface area contributed by atoms with Crippen LogP contribution in [0.1, 0.15) is 16.7 Å². The second-order valence-electron chi connectivity index (χ2n) is 4.76. The summed E-state index contributed by atoms with van der Waals surface area (Å²) in [5.41, 5.74) is 3.29. The standard InChI is InChI=1S/C18H14O2/c1-13-7-10-17-16(11-13)18(19)15(12-20-17)9-8-14-5-3-2-4-6-14/h2-12H,1H3. The monoisotopic (exact) mass is 262 g/mol. The fourth-order valence-electron chi connectivity index (χ4n) is 2.13. The molecule has 2 heteroatoms. The van der Waals surface area contributed by atoms with E-state index in [4.69, 9.17) is 4.42 Å². The minimum absolute atomic E-state index is 0.00197. The van der Waals surface area contributed by atoms with Gasteiger partial charge in [-0.05, 0) is 30.7 Å². The summed E-state index contributed by atoms with van der Waals surface area (Å²) in [6.07, 6.45) is 5.22. The quantitative estimate of drug-likeness (QED) is 0.690. The Morgan fingerprint density at radius 3 is 2.60 bits per heavy atom. The Morgan fingerprint density at radius 1 is 1.00 bits per heavy atom. The van der Waals surface area contributed by atoms with Gasteiger partial charge in [-0.25, -0.2) is 0 Å². The minimum Gasteiger partial charge on any atom is -0.463 e. The van der Waals surface area contributed by atoms with Crippen molar-refractivity contribution in [3.05, 3.63) is 81.7 Å². The Balaban J connectivity index is 2.07. The number of hydrogen-bond donors (Lipinski definition) is 0. The van der Waals surface area contributed by atoms with Crippen LogP contribution in [-0.4, -0.2) is 0 Å². The molecule has 0 bridgehead atoms. The topological polar surface area (TPSA) is 30.2 Å². The predicted molar refractivity (Wildman–Crippen MR) is 82.6 cm³/mol. The number of aryl methyl sites for hydroxylation is 1. The number of hydrogen-bond acceptors (Lipinski definition) is 2. The molecule has 3 rings (SSSR count). The minimum atomic E-state index is 0.00197. The van der Waals surface area contributed by atoms with Gasteiger partial charge in [0.05, 0.1) is 10.9 Å². The molecule has 0 atom stereocenters. The summed E-state index contributed by atoms with van der Waals surface area (Å²) in [5.74, 6) is 0. The summed E-state index contributed by atoms with van der Waals surface area (Å²) < 4.78 is 5.52. The van der Waals surface area contributed by atoms with E-state index in [1.807, 2.05) is 61.5 Å². The van der Waals surface area contributed by atoms with Crippen molar-refractivity contribution in [3.8, 4) is 0 Å². The van der Waals surface area contributed by atoms with E-state index in [1.54, 1.807) is 6.08 Å². The number of benzene rings is 2. The van der Waals surface area contributed by atoms with Crippen LogP contribution in [0.15, 0.2) is 64.0 Å². The van der Waals surface area contributed by atoms with Crippen molar-refractivity contribution in [2.75, 3.05) is 0 Å². The third-order valence-electron chi connectivity index (χ3n) is 3.21. The fraction of sp³-hybridized carbons (Fsp3) is 0.0556. The van der Waals surface area contributed by atoms with Crippen LogP contribution in [0.2, 0.25) is 0 Å². The maximum absolute atomic E-state index is 12.4. The fourth-order valence-corrected chi connectivity index (χ4v) is 2.13. The van der Waals surface area contributed by atoms with Crippen molar-refractivity contribution >= 4 is 23.1 Å². The first-order valence-electron chi connectivity index (χ1n) is 6.49. The lowest BCUT2D eigenvalue weighted by molar-refractivity contribution is 0.601. The smallest absolute Gasteiger partial charge is 0.199 e. The molecule has 0 saturated carbocycles. The number of fused-ring (bicyclic) bond motifs is 1. The van der Waals surface area contributed by atoms with E-state index in [2.05, 4.69) is 0 Å². The molecular weight excluding hydrogens is 248 g/mol. The molecule has 0 spiro atoms. The Bertz CT molecular complexity index is 827. The zero-order valence-corrected chi connectivity index (χ0v) is 11.2. The van der Waals surface area contributed by atoms with Crippen molar-refractivity contribution in [3.63, 3.8) is 0 Å². The molecule has 2 nitrogen and oxygen atoms in total. The van der Waals surface area contributed by atoms with Gasteiger partial charge in [-0.15, -0.1) is 0 Å². The van der Waals surface area contributed by atoms with Gasteiger partial charge in [0.2, 0.25) is 0 Å². The zero-order valence-electron chi connectivity index (χ0n) is 11.2. The molecule has 0 fully saturated rings. The van der Waals surface area contributed by atoms with Crippen molar-refractivity contribution < 1.29 is 4.42 Å². The first-order chi connectivity index (χ1) is 9.74. The van der Waals surface area contributed by atoms with E-state index >= 15 is 0 Å². The van der Waals surface area contributed by atoms with Gasteiger partial charge in [-0.3, -0.25) is 4.79 Å². The third kappa shape index (κ3) is 2.41. The summed E-state index contributed by atoms with van der Waals surface area (Å²) in [6.45, 7) is 1.96. The van der Waals surface area contributed by atoms with Crippen LogP contribution in [0.5, 0.6) is 0 Å². The van der Waals surface area contributed by atoms with Crippen LogP contribution in [0.3, 0.4) is 0 Å². The summed E-state index contributed by atoms with van der Waals surface area (Å²) in [6, 6.07) is 15.5. The van der Waals surface area contributed by atoms with Gasteiger partial charge < -0.3 is 4.42 Å². The predicted octanol–water partition coefficient (Wildman–Crippen LogP) is 4.27. The SMILES string of the molecule is Cc1ccc2occ(C=Cc3ccccc3)c(=O)c2c1. The van der Waals surface area contributed by atoms with E-state index in [-0.39, 0.29) is 5.43 Å². The normalized spacial score (nSPS) is 11.2. The molecule has 3 aromatic rings. The van der Waals surface area contributed by atoms with Gasteiger partial charge in [0.25, 0.3) is 0 Å². The molecule has 0 aliphatic heterocycles. The maximum atomic E-state index is 12.4. The van der Waals surface area contributed by atoms with Crippen LogP contribution >= 0.6 is 0 Å². The number of rotatable bonds is 2. The summed E-state index contributed by atoms with van der Waals surface area (Å²) in [7, 11) is 0. The molecule has 0 N–H and O–H groups in total. The first-order valence-corrected chi connectivity index (χ1v) is 6.49. The molecule has 0 saturated heterocycles. The van der Waals surface area contributed by atoms with Crippen LogP contribution in [0.4, 0.5) is 0 Å². The zero-order chi connectivity index (χ0) is 13.9. The van der Waals surface area contributed by atoms with E-state index in [0.29, 0.717) is 16.5 Å². The van der Waals surface area contributed by atoms with Crippen LogP contribution < -0.4 is 5.43 Å².